The second kappa shape index (κ2) is 2.71. The molecule has 0 aromatic rings. The summed E-state index contributed by atoms with van der Waals surface area (Å²) in [5.74, 6) is 0. The summed E-state index contributed by atoms with van der Waals surface area (Å²) >= 11 is 0. The number of nitrogens with zero attached hydrogens (tertiary/aromatic N) is 1. The van der Waals surface area contributed by atoms with Crippen molar-refractivity contribution in [3.63, 3.8) is 0 Å². The molecule has 1 saturated heterocycles. The first-order valence-corrected chi connectivity index (χ1v) is 5.77. The molecule has 2 N–H and O–H groups in total. The molecule has 0 bridgehead atoms. The average molecular weight is 180 g/mol. The Hall–Kier alpha value is -0.0800. The molecule has 2 heteroatoms. The number of rotatable bonds is 1. The molecule has 2 saturated carbocycles. The number of hydrogen-bond donors (Lipinski definition) is 1. The van der Waals surface area contributed by atoms with Crippen LogP contribution < -0.4 is 5.73 Å². The highest BCUT2D eigenvalue weighted by Crippen LogP contribution is 2.47. The van der Waals surface area contributed by atoms with Gasteiger partial charge < -0.3 is 5.73 Å². The van der Waals surface area contributed by atoms with Gasteiger partial charge in [0.1, 0.15) is 0 Å². The minimum absolute atomic E-state index is 0.519. The smallest absolute Gasteiger partial charge is 0.0125 e. The van der Waals surface area contributed by atoms with Gasteiger partial charge in [0, 0.05) is 25.2 Å². The van der Waals surface area contributed by atoms with Crippen LogP contribution in [0.5, 0.6) is 0 Å². The van der Waals surface area contributed by atoms with Gasteiger partial charge in [-0.15, -0.1) is 0 Å². The van der Waals surface area contributed by atoms with E-state index in [0.717, 1.165) is 11.5 Å². The molecule has 74 valence electrons. The van der Waals surface area contributed by atoms with E-state index in [-0.39, 0.29) is 0 Å². The molecule has 3 aliphatic rings. The highest BCUT2D eigenvalue weighted by atomic mass is 15.2. The van der Waals surface area contributed by atoms with E-state index < -0.39 is 0 Å². The molecule has 0 atom stereocenters. The molecule has 1 heterocycles. The lowest BCUT2D eigenvalue weighted by molar-refractivity contribution is -0.0543. The summed E-state index contributed by atoms with van der Waals surface area (Å²) in [4.78, 5) is 2.68. The van der Waals surface area contributed by atoms with Gasteiger partial charge in [-0.3, -0.25) is 4.90 Å². The topological polar surface area (TPSA) is 29.3 Å². The van der Waals surface area contributed by atoms with E-state index in [1.807, 2.05) is 0 Å². The van der Waals surface area contributed by atoms with Crippen molar-refractivity contribution >= 4 is 0 Å². The molecule has 3 rings (SSSR count). The van der Waals surface area contributed by atoms with E-state index in [1.165, 1.54) is 51.6 Å². The lowest BCUT2D eigenvalue weighted by atomic mass is 9.74. The summed E-state index contributed by atoms with van der Waals surface area (Å²) < 4.78 is 0. The first kappa shape index (κ1) is 8.25. The average Bonchev–Trinajstić information content (AvgIpc) is 2.43. The summed E-state index contributed by atoms with van der Waals surface area (Å²) in [6.07, 6.45) is 8.49. The molecule has 3 fully saturated rings. The largest absolute Gasteiger partial charge is 0.328 e. The van der Waals surface area contributed by atoms with Crippen LogP contribution in [0.15, 0.2) is 0 Å². The summed E-state index contributed by atoms with van der Waals surface area (Å²) in [5.41, 5.74) is 6.58. The molecule has 1 aliphatic heterocycles. The maximum atomic E-state index is 5.80. The molecule has 2 aliphatic carbocycles. The zero-order valence-corrected chi connectivity index (χ0v) is 8.34. The van der Waals surface area contributed by atoms with Crippen molar-refractivity contribution in [1.29, 1.82) is 0 Å². The molecule has 0 aromatic carbocycles. The van der Waals surface area contributed by atoms with Gasteiger partial charge >= 0.3 is 0 Å². The van der Waals surface area contributed by atoms with Crippen molar-refractivity contribution in [2.24, 2.45) is 11.1 Å². The van der Waals surface area contributed by atoms with Crippen LogP contribution in [0.25, 0.3) is 0 Å². The van der Waals surface area contributed by atoms with Crippen LogP contribution in [0.4, 0.5) is 0 Å². The quantitative estimate of drug-likeness (QED) is 0.660. The SMILES string of the molecule is NC1CC(N2CC3(CCCC3)C2)C1. The first-order valence-electron chi connectivity index (χ1n) is 5.77. The van der Waals surface area contributed by atoms with Crippen molar-refractivity contribution in [2.75, 3.05) is 13.1 Å². The van der Waals surface area contributed by atoms with Crippen LogP contribution in [0, 0.1) is 5.41 Å². The minimum atomic E-state index is 0.519. The molecule has 0 unspecified atom stereocenters. The highest BCUT2D eigenvalue weighted by molar-refractivity contribution is 5.03. The van der Waals surface area contributed by atoms with Gasteiger partial charge in [-0.25, -0.2) is 0 Å². The maximum absolute atomic E-state index is 5.80. The lowest BCUT2D eigenvalue weighted by Gasteiger charge is -2.55. The fourth-order valence-electron chi connectivity index (χ4n) is 3.44. The van der Waals surface area contributed by atoms with E-state index in [9.17, 15) is 0 Å². The Morgan fingerprint density at radius 2 is 1.69 bits per heavy atom. The van der Waals surface area contributed by atoms with Crippen LogP contribution >= 0.6 is 0 Å². The van der Waals surface area contributed by atoms with E-state index >= 15 is 0 Å². The van der Waals surface area contributed by atoms with E-state index in [4.69, 9.17) is 5.73 Å². The lowest BCUT2D eigenvalue weighted by Crippen LogP contribution is -2.63. The van der Waals surface area contributed by atoms with Crippen LogP contribution in [0.2, 0.25) is 0 Å². The van der Waals surface area contributed by atoms with Gasteiger partial charge in [0.15, 0.2) is 0 Å². The maximum Gasteiger partial charge on any atom is 0.0125 e. The number of hydrogen-bond acceptors (Lipinski definition) is 2. The Morgan fingerprint density at radius 3 is 2.23 bits per heavy atom. The first-order chi connectivity index (χ1) is 6.27. The normalized spacial score (nSPS) is 43.2. The zero-order valence-electron chi connectivity index (χ0n) is 8.34. The van der Waals surface area contributed by atoms with Crippen molar-refractivity contribution in [3.8, 4) is 0 Å². The molecule has 1 spiro atoms. The van der Waals surface area contributed by atoms with Crippen LogP contribution in [0.1, 0.15) is 38.5 Å². The Balaban J connectivity index is 1.51. The summed E-state index contributed by atoms with van der Waals surface area (Å²) in [6.45, 7) is 2.79. The molecule has 0 amide bonds. The second-order valence-electron chi connectivity index (χ2n) is 5.50. The van der Waals surface area contributed by atoms with Crippen LogP contribution in [-0.2, 0) is 0 Å². The Bertz CT molecular complexity index is 194. The predicted molar refractivity (Wildman–Crippen MR) is 53.5 cm³/mol. The standard InChI is InChI=1S/C11H20N2/c12-9-5-10(6-9)13-7-11(8-13)3-1-2-4-11/h9-10H,1-8,12H2. The van der Waals surface area contributed by atoms with Crippen LogP contribution in [-0.4, -0.2) is 30.1 Å². The zero-order chi connectivity index (χ0) is 8.89. The second-order valence-corrected chi connectivity index (χ2v) is 5.50. The van der Waals surface area contributed by atoms with Gasteiger partial charge in [0.2, 0.25) is 0 Å². The number of nitrogens with two attached hydrogens (primary N) is 1. The Kier molecular flexibility index (Phi) is 1.72. The van der Waals surface area contributed by atoms with Gasteiger partial charge in [-0.2, -0.15) is 0 Å². The monoisotopic (exact) mass is 180 g/mol. The summed E-state index contributed by atoms with van der Waals surface area (Å²) in [7, 11) is 0. The molecule has 0 aromatic heterocycles. The van der Waals surface area contributed by atoms with Crippen molar-refractivity contribution in [2.45, 2.75) is 50.6 Å². The van der Waals surface area contributed by atoms with E-state index in [0.29, 0.717) is 6.04 Å². The van der Waals surface area contributed by atoms with Gasteiger partial charge in [0.05, 0.1) is 0 Å². The fraction of sp³-hybridized carbons (Fsp3) is 1.00. The van der Waals surface area contributed by atoms with Gasteiger partial charge in [0.25, 0.3) is 0 Å². The van der Waals surface area contributed by atoms with Crippen molar-refractivity contribution in [1.82, 2.24) is 4.90 Å². The van der Waals surface area contributed by atoms with Gasteiger partial charge in [-0.1, -0.05) is 12.8 Å². The van der Waals surface area contributed by atoms with E-state index in [2.05, 4.69) is 4.90 Å². The third-order valence-electron chi connectivity index (χ3n) is 4.41. The molecule has 2 nitrogen and oxygen atoms in total. The summed E-state index contributed by atoms with van der Waals surface area (Å²) in [5, 5.41) is 0. The summed E-state index contributed by atoms with van der Waals surface area (Å²) in [6, 6.07) is 1.38. The minimum Gasteiger partial charge on any atom is -0.328 e. The Morgan fingerprint density at radius 1 is 1.08 bits per heavy atom. The van der Waals surface area contributed by atoms with Crippen molar-refractivity contribution in [3.05, 3.63) is 0 Å². The van der Waals surface area contributed by atoms with Crippen molar-refractivity contribution < 1.29 is 0 Å². The predicted octanol–water partition coefficient (Wildman–Crippen LogP) is 1.35. The molecule has 13 heavy (non-hydrogen) atoms. The third-order valence-corrected chi connectivity index (χ3v) is 4.41. The van der Waals surface area contributed by atoms with E-state index in [1.54, 1.807) is 0 Å². The van der Waals surface area contributed by atoms with Gasteiger partial charge in [-0.05, 0) is 31.1 Å². The third kappa shape index (κ3) is 1.23. The highest BCUT2D eigenvalue weighted by Gasteiger charge is 2.48. The molecular weight excluding hydrogens is 160 g/mol. The fourth-order valence-corrected chi connectivity index (χ4v) is 3.44. The molecule has 0 radical (unpaired) electrons. The molecular formula is C11H20N2. The number of likely N-dealkylation sites (tertiary alicyclic amines) is 1. The van der Waals surface area contributed by atoms with Crippen LogP contribution in [0.3, 0.4) is 0 Å². The Labute approximate surface area is 80.5 Å².